The largest absolute Gasteiger partial charge is 0.492 e. The minimum absolute atomic E-state index is 0.123. The monoisotopic (exact) mass is 321 g/mol. The lowest BCUT2D eigenvalue weighted by atomic mass is 10.1. The summed E-state index contributed by atoms with van der Waals surface area (Å²) in [4.78, 5) is 13.7. The third-order valence-electron chi connectivity index (χ3n) is 3.33. The van der Waals surface area contributed by atoms with E-state index in [0.717, 1.165) is 18.4 Å². The van der Waals surface area contributed by atoms with Crippen LogP contribution in [0, 0.1) is 0 Å². The molecule has 1 heterocycles. The van der Waals surface area contributed by atoms with Crippen molar-refractivity contribution in [3.8, 4) is 5.75 Å². The highest BCUT2D eigenvalue weighted by Gasteiger charge is 2.08. The van der Waals surface area contributed by atoms with Crippen LogP contribution >= 0.6 is 11.6 Å². The van der Waals surface area contributed by atoms with Crippen molar-refractivity contribution >= 4 is 17.5 Å². The average molecular weight is 322 g/mol. The van der Waals surface area contributed by atoms with Gasteiger partial charge in [0.25, 0.3) is 0 Å². The number of nitrogens with one attached hydrogen (secondary N) is 1. The van der Waals surface area contributed by atoms with Crippen molar-refractivity contribution in [2.75, 3.05) is 20.2 Å². The van der Waals surface area contributed by atoms with Gasteiger partial charge >= 0.3 is 0 Å². The first-order valence-electron chi connectivity index (χ1n) is 7.25. The molecule has 1 aromatic heterocycles. The zero-order valence-corrected chi connectivity index (χ0v) is 13.3. The Morgan fingerprint density at radius 3 is 3.05 bits per heavy atom. The zero-order chi connectivity index (χ0) is 15.8. The van der Waals surface area contributed by atoms with Crippen LogP contribution in [0.4, 0.5) is 0 Å². The molecule has 0 spiro atoms. The summed E-state index contributed by atoms with van der Waals surface area (Å²) in [6, 6.07) is 7.24. The van der Waals surface area contributed by atoms with Gasteiger partial charge in [-0.15, -0.1) is 0 Å². The molecular formula is C16H20ClN3O2. The van der Waals surface area contributed by atoms with Gasteiger partial charge in [-0.25, -0.2) is 0 Å². The van der Waals surface area contributed by atoms with Gasteiger partial charge in [-0.3, -0.25) is 9.89 Å². The molecule has 1 amide bonds. The van der Waals surface area contributed by atoms with E-state index in [1.54, 1.807) is 30.3 Å². The van der Waals surface area contributed by atoms with Crippen molar-refractivity contribution in [2.24, 2.45) is 0 Å². The molecule has 0 unspecified atom stereocenters. The van der Waals surface area contributed by atoms with Crippen molar-refractivity contribution in [3.63, 3.8) is 0 Å². The first-order chi connectivity index (χ1) is 10.6. The van der Waals surface area contributed by atoms with E-state index in [1.165, 1.54) is 0 Å². The molecule has 0 radical (unpaired) electrons. The number of rotatable bonds is 8. The van der Waals surface area contributed by atoms with Gasteiger partial charge in [0, 0.05) is 24.7 Å². The Morgan fingerprint density at radius 1 is 1.45 bits per heavy atom. The summed E-state index contributed by atoms with van der Waals surface area (Å²) in [5, 5.41) is 7.29. The third kappa shape index (κ3) is 5.41. The molecule has 22 heavy (non-hydrogen) atoms. The van der Waals surface area contributed by atoms with E-state index in [-0.39, 0.29) is 5.91 Å². The number of hydrogen-bond acceptors (Lipinski definition) is 3. The molecule has 0 bridgehead atoms. The molecule has 1 N–H and O–H groups in total. The number of H-pyrrole nitrogens is 1. The summed E-state index contributed by atoms with van der Waals surface area (Å²) in [6.45, 7) is 1.00. The molecule has 2 aromatic rings. The predicted octanol–water partition coefficient (Wildman–Crippen LogP) is 2.92. The number of aryl methyl sites for hydroxylation is 1. The number of halogens is 1. The topological polar surface area (TPSA) is 58.2 Å². The van der Waals surface area contributed by atoms with E-state index >= 15 is 0 Å². The van der Waals surface area contributed by atoms with E-state index in [0.29, 0.717) is 30.3 Å². The van der Waals surface area contributed by atoms with E-state index in [2.05, 4.69) is 10.2 Å². The number of amides is 1. The van der Waals surface area contributed by atoms with Gasteiger partial charge in [0.2, 0.25) is 5.91 Å². The van der Waals surface area contributed by atoms with Crippen LogP contribution in [-0.2, 0) is 11.2 Å². The molecular weight excluding hydrogens is 302 g/mol. The maximum Gasteiger partial charge on any atom is 0.222 e. The molecule has 0 saturated heterocycles. The Hall–Kier alpha value is -2.01. The molecule has 0 saturated carbocycles. The maximum atomic E-state index is 12.0. The van der Waals surface area contributed by atoms with Crippen LogP contribution in [0.2, 0.25) is 5.02 Å². The second-order valence-corrected chi connectivity index (χ2v) is 5.52. The number of hydrogen-bond donors (Lipinski definition) is 1. The quantitative estimate of drug-likeness (QED) is 0.813. The van der Waals surface area contributed by atoms with Crippen LogP contribution in [0.3, 0.4) is 0 Å². The Labute approximate surface area is 135 Å². The summed E-state index contributed by atoms with van der Waals surface area (Å²) >= 11 is 5.89. The number of carbonyl (C=O) groups excluding carboxylic acids is 1. The third-order valence-corrected chi connectivity index (χ3v) is 3.56. The summed E-state index contributed by atoms with van der Waals surface area (Å²) in [5.41, 5.74) is 1.12. The number of carbonyl (C=O) groups is 1. The molecule has 2 rings (SSSR count). The van der Waals surface area contributed by atoms with E-state index in [1.807, 2.05) is 18.3 Å². The van der Waals surface area contributed by atoms with E-state index in [9.17, 15) is 4.79 Å². The minimum atomic E-state index is 0.123. The second-order valence-electron chi connectivity index (χ2n) is 5.08. The zero-order valence-electron chi connectivity index (χ0n) is 12.6. The van der Waals surface area contributed by atoms with Crippen molar-refractivity contribution in [1.82, 2.24) is 15.1 Å². The highest BCUT2D eigenvalue weighted by molar-refractivity contribution is 6.30. The smallest absolute Gasteiger partial charge is 0.222 e. The minimum Gasteiger partial charge on any atom is -0.492 e. The number of likely N-dealkylation sites (N-methyl/N-ethyl adjacent to an activating group) is 1. The van der Waals surface area contributed by atoms with Crippen LogP contribution in [0.5, 0.6) is 5.75 Å². The molecule has 0 aliphatic rings. The normalized spacial score (nSPS) is 10.5. The van der Waals surface area contributed by atoms with Gasteiger partial charge in [0.15, 0.2) is 0 Å². The van der Waals surface area contributed by atoms with Gasteiger partial charge < -0.3 is 9.64 Å². The van der Waals surface area contributed by atoms with Crippen LogP contribution in [-0.4, -0.2) is 41.2 Å². The fourth-order valence-corrected chi connectivity index (χ4v) is 2.21. The standard InChI is InChI=1S/C16H20ClN3O2/c1-20(8-9-22-15-6-3-5-14(17)10-15)16(21)7-2-4-13-11-18-19-12-13/h3,5-6,10-12H,2,4,7-9H2,1H3,(H,18,19). The first-order valence-corrected chi connectivity index (χ1v) is 7.63. The van der Waals surface area contributed by atoms with Gasteiger partial charge in [0.05, 0.1) is 12.7 Å². The number of ether oxygens (including phenoxy) is 1. The van der Waals surface area contributed by atoms with Crippen molar-refractivity contribution in [1.29, 1.82) is 0 Å². The molecule has 6 heteroatoms. The fourth-order valence-electron chi connectivity index (χ4n) is 2.03. The Bertz CT molecular complexity index is 587. The molecule has 1 aromatic carbocycles. The summed E-state index contributed by atoms with van der Waals surface area (Å²) < 4.78 is 5.58. The van der Waals surface area contributed by atoms with Gasteiger partial charge in [-0.05, 0) is 36.6 Å². The van der Waals surface area contributed by atoms with Crippen molar-refractivity contribution in [3.05, 3.63) is 47.2 Å². The highest BCUT2D eigenvalue weighted by Crippen LogP contribution is 2.16. The molecule has 0 aliphatic heterocycles. The van der Waals surface area contributed by atoms with Crippen LogP contribution in [0.25, 0.3) is 0 Å². The number of aromatic amines is 1. The lowest BCUT2D eigenvalue weighted by Crippen LogP contribution is -2.30. The molecule has 0 fully saturated rings. The Kier molecular flexibility index (Phi) is 6.27. The molecule has 0 aliphatic carbocycles. The summed E-state index contributed by atoms with van der Waals surface area (Å²) in [7, 11) is 1.79. The van der Waals surface area contributed by atoms with Gasteiger partial charge in [-0.1, -0.05) is 17.7 Å². The summed E-state index contributed by atoms with van der Waals surface area (Å²) in [5.74, 6) is 0.839. The SMILES string of the molecule is CN(CCOc1cccc(Cl)c1)C(=O)CCCc1cn[nH]c1. The first kappa shape index (κ1) is 16.4. The predicted molar refractivity (Wildman–Crippen MR) is 86.1 cm³/mol. The lowest BCUT2D eigenvalue weighted by Gasteiger charge is -2.17. The van der Waals surface area contributed by atoms with Crippen LogP contribution < -0.4 is 4.74 Å². The van der Waals surface area contributed by atoms with Crippen molar-refractivity contribution in [2.45, 2.75) is 19.3 Å². The summed E-state index contributed by atoms with van der Waals surface area (Å²) in [6.07, 6.45) is 5.84. The highest BCUT2D eigenvalue weighted by atomic mass is 35.5. The number of nitrogens with zero attached hydrogens (tertiary/aromatic N) is 2. The van der Waals surface area contributed by atoms with E-state index < -0.39 is 0 Å². The average Bonchev–Trinajstić information content (AvgIpc) is 3.00. The van der Waals surface area contributed by atoms with Gasteiger partial charge in [-0.2, -0.15) is 5.10 Å². The lowest BCUT2D eigenvalue weighted by molar-refractivity contribution is -0.130. The molecule has 5 nitrogen and oxygen atoms in total. The van der Waals surface area contributed by atoms with E-state index in [4.69, 9.17) is 16.3 Å². The van der Waals surface area contributed by atoms with Crippen LogP contribution in [0.15, 0.2) is 36.7 Å². The fraction of sp³-hybridized carbons (Fsp3) is 0.375. The Balaban J connectivity index is 1.63. The number of benzene rings is 1. The Morgan fingerprint density at radius 2 is 2.32 bits per heavy atom. The molecule has 118 valence electrons. The molecule has 0 atom stereocenters. The van der Waals surface area contributed by atoms with Crippen LogP contribution in [0.1, 0.15) is 18.4 Å². The van der Waals surface area contributed by atoms with Crippen molar-refractivity contribution < 1.29 is 9.53 Å². The van der Waals surface area contributed by atoms with Gasteiger partial charge in [0.1, 0.15) is 12.4 Å². The second kappa shape index (κ2) is 8.44. The number of aromatic nitrogens is 2. The maximum absolute atomic E-state index is 12.0.